The van der Waals surface area contributed by atoms with Crippen molar-refractivity contribution in [1.82, 2.24) is 14.0 Å². The van der Waals surface area contributed by atoms with E-state index >= 15 is 0 Å². The van der Waals surface area contributed by atoms with Crippen LogP contribution in [0.1, 0.15) is 22.3 Å². The van der Waals surface area contributed by atoms with Gasteiger partial charge in [-0.3, -0.25) is 28.3 Å². The van der Waals surface area contributed by atoms with Crippen molar-refractivity contribution in [2.24, 2.45) is 14.1 Å². The lowest BCUT2D eigenvalue weighted by Crippen LogP contribution is -2.49. The number of sulfonamides is 1. The summed E-state index contributed by atoms with van der Waals surface area (Å²) in [6.45, 7) is 4.06. The maximum Gasteiger partial charge on any atom is 0.332 e. The van der Waals surface area contributed by atoms with E-state index in [9.17, 15) is 22.8 Å². The van der Waals surface area contributed by atoms with Crippen molar-refractivity contribution < 1.29 is 17.9 Å². The SMILES string of the molecule is Cn1c(N2CCN(CCCOc3ccc(NS(C)(=O)=O)cc3C(=O)c3ccccc3)CC2)cc(=O)n(C)c1=O. The van der Waals surface area contributed by atoms with E-state index in [4.69, 9.17) is 4.74 Å². The number of nitrogens with one attached hydrogen (secondary N) is 1. The Labute approximate surface area is 227 Å². The van der Waals surface area contributed by atoms with Crippen molar-refractivity contribution in [1.29, 1.82) is 0 Å². The molecule has 1 aliphatic heterocycles. The molecule has 0 unspecified atom stereocenters. The number of benzene rings is 2. The molecule has 4 rings (SSSR count). The molecule has 2 aromatic carbocycles. The predicted molar refractivity (Wildman–Crippen MR) is 150 cm³/mol. The minimum absolute atomic E-state index is 0.260. The predicted octanol–water partition coefficient (Wildman–Crippen LogP) is 1.28. The second-order valence-corrected chi connectivity index (χ2v) is 11.3. The van der Waals surface area contributed by atoms with Gasteiger partial charge in [-0.25, -0.2) is 13.2 Å². The summed E-state index contributed by atoms with van der Waals surface area (Å²) in [4.78, 5) is 41.9. The summed E-state index contributed by atoms with van der Waals surface area (Å²) in [6.07, 6.45) is 1.77. The molecule has 0 spiro atoms. The summed E-state index contributed by atoms with van der Waals surface area (Å²) >= 11 is 0. The number of anilines is 2. The van der Waals surface area contributed by atoms with Crippen LogP contribution >= 0.6 is 0 Å². The molecule has 0 atom stereocenters. The Morgan fingerprint density at radius 1 is 0.949 bits per heavy atom. The fourth-order valence-electron chi connectivity index (χ4n) is 4.55. The van der Waals surface area contributed by atoms with Gasteiger partial charge in [0.15, 0.2) is 5.78 Å². The highest BCUT2D eigenvalue weighted by molar-refractivity contribution is 7.92. The zero-order chi connectivity index (χ0) is 28.2. The fraction of sp³-hybridized carbons (Fsp3) is 0.370. The smallest absolute Gasteiger partial charge is 0.332 e. The molecule has 0 amide bonds. The van der Waals surface area contributed by atoms with Gasteiger partial charge in [0.05, 0.1) is 18.4 Å². The molecule has 0 radical (unpaired) electrons. The normalized spacial score (nSPS) is 14.3. The van der Waals surface area contributed by atoms with Crippen molar-refractivity contribution in [2.75, 3.05) is 55.2 Å². The van der Waals surface area contributed by atoms with E-state index in [1.807, 2.05) is 11.0 Å². The van der Waals surface area contributed by atoms with E-state index in [0.717, 1.165) is 30.5 Å². The Bertz CT molecular complexity index is 1560. The van der Waals surface area contributed by atoms with Gasteiger partial charge in [0.25, 0.3) is 5.56 Å². The molecule has 11 nitrogen and oxygen atoms in total. The summed E-state index contributed by atoms with van der Waals surface area (Å²) in [5, 5.41) is 0. The highest BCUT2D eigenvalue weighted by Gasteiger charge is 2.21. The quantitative estimate of drug-likeness (QED) is 0.293. The van der Waals surface area contributed by atoms with Crippen LogP contribution in [0.25, 0.3) is 0 Å². The number of rotatable bonds is 10. The lowest BCUT2D eigenvalue weighted by Gasteiger charge is -2.36. The minimum Gasteiger partial charge on any atom is -0.493 e. The van der Waals surface area contributed by atoms with E-state index in [-0.39, 0.29) is 28.3 Å². The summed E-state index contributed by atoms with van der Waals surface area (Å²) in [6, 6.07) is 14.9. The molecule has 1 saturated heterocycles. The van der Waals surface area contributed by atoms with Crippen LogP contribution in [0.5, 0.6) is 5.75 Å². The summed E-state index contributed by atoms with van der Waals surface area (Å²) in [5.41, 5.74) is 0.379. The second kappa shape index (κ2) is 11.9. The Morgan fingerprint density at radius 3 is 2.31 bits per heavy atom. The van der Waals surface area contributed by atoms with Crippen LogP contribution in [0, 0.1) is 0 Å². The minimum atomic E-state index is -3.51. The first-order valence-electron chi connectivity index (χ1n) is 12.6. The number of hydrogen-bond donors (Lipinski definition) is 1. The number of ketones is 1. The number of ether oxygens (including phenoxy) is 1. The Hall–Kier alpha value is -3.90. The highest BCUT2D eigenvalue weighted by Crippen LogP contribution is 2.26. The van der Waals surface area contributed by atoms with Gasteiger partial charge in [0.1, 0.15) is 11.6 Å². The van der Waals surface area contributed by atoms with Crippen LogP contribution in [0.4, 0.5) is 11.5 Å². The van der Waals surface area contributed by atoms with Crippen LogP contribution in [-0.4, -0.2) is 73.8 Å². The van der Waals surface area contributed by atoms with Crippen LogP contribution in [0.2, 0.25) is 0 Å². The number of nitrogens with zero attached hydrogens (tertiary/aromatic N) is 4. The number of carbonyl (C=O) groups excluding carboxylic acids is 1. The second-order valence-electron chi connectivity index (χ2n) is 9.55. The molecule has 1 fully saturated rings. The molecular formula is C27H33N5O6S. The standard InChI is InChI=1S/C27H33N5O6S/c1-29-24(19-25(33)30(2)27(29)35)32-15-13-31(14-16-32)12-7-17-38-23-11-10-21(28-39(3,36)37)18-22(23)26(34)20-8-5-4-6-9-20/h4-6,8-11,18-19,28H,7,12-17H2,1-3H3. The van der Waals surface area contributed by atoms with Gasteiger partial charge in [0.2, 0.25) is 10.0 Å². The molecule has 0 saturated carbocycles. The largest absolute Gasteiger partial charge is 0.493 e. The molecule has 0 aliphatic carbocycles. The maximum absolute atomic E-state index is 13.2. The van der Waals surface area contributed by atoms with Crippen molar-refractivity contribution in [3.63, 3.8) is 0 Å². The van der Waals surface area contributed by atoms with Gasteiger partial charge < -0.3 is 9.64 Å². The Morgan fingerprint density at radius 2 is 1.64 bits per heavy atom. The number of carbonyl (C=O) groups is 1. The number of aromatic nitrogens is 2. The van der Waals surface area contributed by atoms with Gasteiger partial charge in [-0.1, -0.05) is 30.3 Å². The average molecular weight is 556 g/mol. The van der Waals surface area contributed by atoms with E-state index in [2.05, 4.69) is 9.62 Å². The van der Waals surface area contributed by atoms with E-state index in [1.54, 1.807) is 43.4 Å². The van der Waals surface area contributed by atoms with Crippen LogP contribution in [-0.2, 0) is 24.1 Å². The summed E-state index contributed by atoms with van der Waals surface area (Å²) in [5.74, 6) is 0.749. The summed E-state index contributed by atoms with van der Waals surface area (Å²) < 4.78 is 34.4. The third-order valence-corrected chi connectivity index (χ3v) is 7.24. The van der Waals surface area contributed by atoms with Gasteiger partial charge in [0, 0.05) is 64.1 Å². The third kappa shape index (κ3) is 6.95. The lowest BCUT2D eigenvalue weighted by atomic mass is 10.0. The Kier molecular flexibility index (Phi) is 8.56. The van der Waals surface area contributed by atoms with Crippen molar-refractivity contribution in [2.45, 2.75) is 6.42 Å². The topological polar surface area (TPSA) is 123 Å². The van der Waals surface area contributed by atoms with Gasteiger partial charge in [-0.2, -0.15) is 0 Å². The first-order chi connectivity index (χ1) is 18.5. The zero-order valence-electron chi connectivity index (χ0n) is 22.3. The lowest BCUT2D eigenvalue weighted by molar-refractivity contribution is 0.103. The van der Waals surface area contributed by atoms with Crippen LogP contribution in [0.15, 0.2) is 64.2 Å². The van der Waals surface area contributed by atoms with Gasteiger partial charge in [-0.05, 0) is 24.6 Å². The van der Waals surface area contributed by atoms with Crippen molar-refractivity contribution in [3.8, 4) is 5.75 Å². The molecule has 0 bridgehead atoms. The molecule has 208 valence electrons. The molecule has 1 aliphatic rings. The first kappa shape index (κ1) is 28.1. The van der Waals surface area contributed by atoms with Crippen molar-refractivity contribution in [3.05, 3.63) is 86.6 Å². The molecule has 2 heterocycles. The van der Waals surface area contributed by atoms with Crippen LogP contribution in [0.3, 0.4) is 0 Å². The third-order valence-electron chi connectivity index (χ3n) is 6.64. The highest BCUT2D eigenvalue weighted by atomic mass is 32.2. The average Bonchev–Trinajstić information content (AvgIpc) is 2.92. The molecule has 1 aromatic heterocycles. The molecule has 3 aromatic rings. The van der Waals surface area contributed by atoms with Gasteiger partial charge >= 0.3 is 5.69 Å². The van der Waals surface area contributed by atoms with E-state index < -0.39 is 10.0 Å². The number of piperazine rings is 1. The molecule has 39 heavy (non-hydrogen) atoms. The van der Waals surface area contributed by atoms with Crippen LogP contribution < -0.4 is 25.6 Å². The van der Waals surface area contributed by atoms with E-state index in [1.165, 1.54) is 23.7 Å². The number of hydrogen-bond acceptors (Lipinski definition) is 8. The van der Waals surface area contributed by atoms with Gasteiger partial charge in [-0.15, -0.1) is 0 Å². The van der Waals surface area contributed by atoms with Crippen molar-refractivity contribution >= 4 is 27.3 Å². The Balaban J connectivity index is 1.36. The summed E-state index contributed by atoms with van der Waals surface area (Å²) in [7, 11) is -0.369. The molecular weight excluding hydrogens is 522 g/mol. The maximum atomic E-state index is 13.2. The van der Waals surface area contributed by atoms with E-state index in [0.29, 0.717) is 43.2 Å². The monoisotopic (exact) mass is 555 g/mol. The fourth-order valence-corrected chi connectivity index (χ4v) is 5.11. The zero-order valence-corrected chi connectivity index (χ0v) is 23.1. The molecule has 12 heteroatoms. The molecule has 1 N–H and O–H groups in total. The first-order valence-corrected chi connectivity index (χ1v) is 14.5.